The molecule has 2 rings (SSSR count). The second-order valence-electron chi connectivity index (χ2n) is 4.77. The van der Waals surface area contributed by atoms with E-state index in [-0.39, 0.29) is 12.0 Å². The highest BCUT2D eigenvalue weighted by Crippen LogP contribution is 2.23. The Morgan fingerprint density at radius 1 is 1.24 bits per heavy atom. The van der Waals surface area contributed by atoms with Crippen LogP contribution in [-0.2, 0) is 6.42 Å². The van der Waals surface area contributed by atoms with Gasteiger partial charge in [0.15, 0.2) is 0 Å². The zero-order valence-corrected chi connectivity index (χ0v) is 11.4. The standard InChI is InChI=1S/C15H15F3N2O/c1-10-12(7-8-19-10)14(21)20-13(15(16,17)18)9-11-5-3-2-4-6-11/h2-8,13,19H,9H2,1H3,(H,20,21)/t13-/m1/s1. The lowest BCUT2D eigenvalue weighted by molar-refractivity contribution is -0.153. The van der Waals surface area contributed by atoms with E-state index in [9.17, 15) is 18.0 Å². The third-order valence-corrected chi connectivity index (χ3v) is 3.18. The Balaban J connectivity index is 2.14. The number of aryl methyl sites for hydroxylation is 1. The van der Waals surface area contributed by atoms with Crippen LogP contribution in [0.4, 0.5) is 13.2 Å². The van der Waals surface area contributed by atoms with Crippen LogP contribution < -0.4 is 5.32 Å². The minimum Gasteiger partial charge on any atom is -0.365 e. The van der Waals surface area contributed by atoms with Gasteiger partial charge in [-0.05, 0) is 18.6 Å². The smallest absolute Gasteiger partial charge is 0.365 e. The molecule has 6 heteroatoms. The Labute approximate surface area is 120 Å². The van der Waals surface area contributed by atoms with Gasteiger partial charge in [-0.1, -0.05) is 30.3 Å². The second-order valence-corrected chi connectivity index (χ2v) is 4.77. The molecule has 0 bridgehead atoms. The summed E-state index contributed by atoms with van der Waals surface area (Å²) in [6.07, 6.45) is -3.28. The Kier molecular flexibility index (Phi) is 4.35. The summed E-state index contributed by atoms with van der Waals surface area (Å²) in [5, 5.41) is 2.06. The number of nitrogens with one attached hydrogen (secondary N) is 2. The van der Waals surface area contributed by atoms with Crippen molar-refractivity contribution in [3.8, 4) is 0 Å². The van der Waals surface area contributed by atoms with Gasteiger partial charge < -0.3 is 10.3 Å². The highest BCUT2D eigenvalue weighted by Gasteiger charge is 2.40. The summed E-state index contributed by atoms with van der Waals surface area (Å²) in [4.78, 5) is 14.7. The summed E-state index contributed by atoms with van der Waals surface area (Å²) in [6.45, 7) is 1.63. The molecule has 0 radical (unpaired) electrons. The zero-order valence-electron chi connectivity index (χ0n) is 11.4. The van der Waals surface area contributed by atoms with Gasteiger partial charge in [0, 0.05) is 18.3 Å². The van der Waals surface area contributed by atoms with E-state index in [1.165, 1.54) is 12.3 Å². The van der Waals surface area contributed by atoms with Gasteiger partial charge in [0.1, 0.15) is 6.04 Å². The van der Waals surface area contributed by atoms with E-state index < -0.39 is 18.1 Å². The lowest BCUT2D eigenvalue weighted by Gasteiger charge is -2.21. The molecule has 2 N–H and O–H groups in total. The number of amides is 1. The van der Waals surface area contributed by atoms with E-state index in [0.29, 0.717) is 11.3 Å². The number of H-pyrrole nitrogens is 1. The number of carbonyl (C=O) groups is 1. The first-order chi connectivity index (χ1) is 9.88. The Morgan fingerprint density at radius 3 is 2.43 bits per heavy atom. The molecule has 2 aromatic rings. The molecule has 1 heterocycles. The molecular formula is C15H15F3N2O. The number of benzene rings is 1. The second kappa shape index (κ2) is 6.03. The average Bonchev–Trinajstić information content (AvgIpc) is 2.84. The number of hydrogen-bond acceptors (Lipinski definition) is 1. The number of hydrogen-bond donors (Lipinski definition) is 2. The fourth-order valence-corrected chi connectivity index (χ4v) is 2.03. The molecule has 0 fully saturated rings. The predicted octanol–water partition coefficient (Wildman–Crippen LogP) is 3.23. The van der Waals surface area contributed by atoms with Gasteiger partial charge in [-0.3, -0.25) is 4.79 Å². The minimum absolute atomic E-state index is 0.220. The lowest BCUT2D eigenvalue weighted by atomic mass is 10.1. The summed E-state index contributed by atoms with van der Waals surface area (Å²) in [6, 6.07) is 7.82. The van der Waals surface area contributed by atoms with Crippen molar-refractivity contribution >= 4 is 5.91 Å². The largest absolute Gasteiger partial charge is 0.408 e. The summed E-state index contributed by atoms with van der Waals surface area (Å²) < 4.78 is 39.3. The van der Waals surface area contributed by atoms with Crippen LogP contribution in [0.5, 0.6) is 0 Å². The van der Waals surface area contributed by atoms with Gasteiger partial charge in [0.05, 0.1) is 5.56 Å². The molecule has 0 unspecified atom stereocenters. The molecule has 1 atom stereocenters. The maximum atomic E-state index is 13.1. The van der Waals surface area contributed by atoms with E-state index in [1.807, 2.05) is 0 Å². The summed E-state index contributed by atoms with van der Waals surface area (Å²) in [7, 11) is 0. The van der Waals surface area contributed by atoms with Gasteiger partial charge >= 0.3 is 6.18 Å². The lowest BCUT2D eigenvalue weighted by Crippen LogP contribution is -2.46. The number of halogens is 3. The van der Waals surface area contributed by atoms with Crippen LogP contribution in [-0.4, -0.2) is 23.1 Å². The van der Waals surface area contributed by atoms with Crippen molar-refractivity contribution in [1.29, 1.82) is 0 Å². The molecule has 0 spiro atoms. The third-order valence-electron chi connectivity index (χ3n) is 3.18. The first-order valence-corrected chi connectivity index (χ1v) is 6.43. The van der Waals surface area contributed by atoms with E-state index in [4.69, 9.17) is 0 Å². The summed E-state index contributed by atoms with van der Waals surface area (Å²) in [5.74, 6) is -0.730. The van der Waals surface area contributed by atoms with Crippen molar-refractivity contribution in [1.82, 2.24) is 10.3 Å². The summed E-state index contributed by atoms with van der Waals surface area (Å²) in [5.41, 5.74) is 1.27. The van der Waals surface area contributed by atoms with Crippen molar-refractivity contribution in [3.63, 3.8) is 0 Å². The van der Waals surface area contributed by atoms with Crippen LogP contribution in [0.3, 0.4) is 0 Å². The molecule has 21 heavy (non-hydrogen) atoms. The van der Waals surface area contributed by atoms with Gasteiger partial charge in [-0.15, -0.1) is 0 Å². The van der Waals surface area contributed by atoms with Crippen molar-refractivity contribution in [2.24, 2.45) is 0 Å². The molecule has 112 valence electrons. The van der Waals surface area contributed by atoms with Crippen LogP contribution in [0.2, 0.25) is 0 Å². The number of alkyl halides is 3. The van der Waals surface area contributed by atoms with E-state index in [2.05, 4.69) is 10.3 Å². The van der Waals surface area contributed by atoms with Crippen molar-refractivity contribution < 1.29 is 18.0 Å². The molecule has 3 nitrogen and oxygen atoms in total. The maximum absolute atomic E-state index is 13.1. The predicted molar refractivity (Wildman–Crippen MR) is 73.0 cm³/mol. The van der Waals surface area contributed by atoms with Gasteiger partial charge in [0.2, 0.25) is 0 Å². The van der Waals surface area contributed by atoms with Gasteiger partial charge in [0.25, 0.3) is 5.91 Å². The highest BCUT2D eigenvalue weighted by atomic mass is 19.4. The van der Waals surface area contributed by atoms with Crippen LogP contribution in [0, 0.1) is 6.92 Å². The fourth-order valence-electron chi connectivity index (χ4n) is 2.03. The fraction of sp³-hybridized carbons (Fsp3) is 0.267. The third kappa shape index (κ3) is 3.87. The Bertz CT molecular complexity index is 605. The molecule has 0 saturated heterocycles. The zero-order chi connectivity index (χ0) is 15.5. The van der Waals surface area contributed by atoms with E-state index in [1.54, 1.807) is 37.3 Å². The first-order valence-electron chi connectivity index (χ1n) is 6.43. The molecule has 0 aliphatic carbocycles. The molecule has 1 aromatic carbocycles. The molecule has 0 saturated carbocycles. The minimum atomic E-state index is -4.50. The van der Waals surface area contributed by atoms with E-state index >= 15 is 0 Å². The normalized spacial score (nSPS) is 13.0. The van der Waals surface area contributed by atoms with Gasteiger partial charge in [-0.2, -0.15) is 13.2 Å². The van der Waals surface area contributed by atoms with Crippen molar-refractivity contribution in [2.75, 3.05) is 0 Å². The van der Waals surface area contributed by atoms with Crippen LogP contribution >= 0.6 is 0 Å². The SMILES string of the molecule is Cc1[nH]ccc1C(=O)N[C@H](Cc1ccccc1)C(F)(F)F. The monoisotopic (exact) mass is 296 g/mol. The number of carbonyl (C=O) groups excluding carboxylic acids is 1. The number of aromatic nitrogens is 1. The molecule has 0 aliphatic rings. The average molecular weight is 296 g/mol. The Morgan fingerprint density at radius 2 is 1.90 bits per heavy atom. The quantitative estimate of drug-likeness (QED) is 0.894. The molecule has 1 amide bonds. The highest BCUT2D eigenvalue weighted by molar-refractivity contribution is 5.95. The maximum Gasteiger partial charge on any atom is 0.408 e. The van der Waals surface area contributed by atoms with Crippen LogP contribution in [0.1, 0.15) is 21.6 Å². The van der Waals surface area contributed by atoms with Crippen LogP contribution in [0.15, 0.2) is 42.6 Å². The number of rotatable bonds is 4. The summed E-state index contributed by atoms with van der Waals surface area (Å²) >= 11 is 0. The topological polar surface area (TPSA) is 44.9 Å². The molecule has 1 aromatic heterocycles. The van der Waals surface area contributed by atoms with Crippen molar-refractivity contribution in [3.05, 3.63) is 59.4 Å². The van der Waals surface area contributed by atoms with Crippen LogP contribution in [0.25, 0.3) is 0 Å². The molecule has 0 aliphatic heterocycles. The number of aromatic amines is 1. The molecular weight excluding hydrogens is 281 g/mol. The van der Waals surface area contributed by atoms with Gasteiger partial charge in [-0.25, -0.2) is 0 Å². The van der Waals surface area contributed by atoms with E-state index in [0.717, 1.165) is 0 Å². The Hall–Kier alpha value is -2.24. The van der Waals surface area contributed by atoms with Crippen molar-refractivity contribution in [2.45, 2.75) is 25.6 Å². The first kappa shape index (κ1) is 15.2.